The first-order valence-corrected chi connectivity index (χ1v) is 6.07. The first kappa shape index (κ1) is 14.4. The molecule has 0 aliphatic rings. The minimum atomic E-state index is -0.997. The van der Waals surface area contributed by atoms with E-state index in [1.54, 1.807) is 12.1 Å². The summed E-state index contributed by atoms with van der Waals surface area (Å²) in [7, 11) is 0. The number of ketones is 1. The maximum absolute atomic E-state index is 11.7. The third kappa shape index (κ3) is 5.59. The normalized spacial score (nSPS) is 12.1. The van der Waals surface area contributed by atoms with E-state index in [1.165, 1.54) is 0 Å². The topological polar surface area (TPSA) is 74.6 Å². The summed E-state index contributed by atoms with van der Waals surface area (Å²) in [6.45, 7) is 0. The molecule has 18 heavy (non-hydrogen) atoms. The Balaban J connectivity index is 2.19. The Morgan fingerprint density at radius 1 is 1.11 bits per heavy atom. The molecule has 0 radical (unpaired) electrons. The molecule has 1 rings (SSSR count). The molecule has 1 unspecified atom stereocenters. The minimum Gasteiger partial charge on any atom is -0.481 e. The predicted molar refractivity (Wildman–Crippen MR) is 67.5 cm³/mol. The molecule has 0 bridgehead atoms. The number of Topliss-reactive ketones (excluding diaryl/α,β-unsaturated/α-hetero) is 1. The van der Waals surface area contributed by atoms with Crippen LogP contribution in [0.25, 0.3) is 0 Å². The van der Waals surface area contributed by atoms with Crippen molar-refractivity contribution < 1.29 is 19.8 Å². The molecule has 0 aliphatic carbocycles. The molecule has 0 amide bonds. The van der Waals surface area contributed by atoms with Crippen molar-refractivity contribution >= 4 is 11.8 Å². The van der Waals surface area contributed by atoms with Crippen LogP contribution in [0.1, 0.15) is 42.5 Å². The van der Waals surface area contributed by atoms with Crippen molar-refractivity contribution in [2.24, 2.45) is 0 Å². The van der Waals surface area contributed by atoms with Gasteiger partial charge in [-0.25, -0.2) is 0 Å². The van der Waals surface area contributed by atoms with Crippen molar-refractivity contribution in [2.45, 2.75) is 38.2 Å². The lowest BCUT2D eigenvalue weighted by molar-refractivity contribution is -0.139. The molecule has 98 valence electrons. The summed E-state index contributed by atoms with van der Waals surface area (Å²) < 4.78 is 0. The van der Waals surface area contributed by atoms with E-state index < -0.39 is 12.1 Å². The summed E-state index contributed by atoms with van der Waals surface area (Å²) in [5.41, 5.74) is 0.698. The van der Waals surface area contributed by atoms with Crippen LogP contribution in [0.3, 0.4) is 0 Å². The van der Waals surface area contributed by atoms with E-state index in [9.17, 15) is 14.7 Å². The van der Waals surface area contributed by atoms with Gasteiger partial charge >= 0.3 is 5.97 Å². The molecule has 0 aromatic heterocycles. The number of hydrogen-bond acceptors (Lipinski definition) is 3. The molecule has 0 fully saturated rings. The fourth-order valence-corrected chi connectivity index (χ4v) is 1.74. The number of carboxylic acids is 1. The first-order valence-electron chi connectivity index (χ1n) is 6.07. The highest BCUT2D eigenvalue weighted by Gasteiger charge is 2.10. The molecule has 2 N–H and O–H groups in total. The zero-order chi connectivity index (χ0) is 13.4. The van der Waals surface area contributed by atoms with E-state index in [2.05, 4.69) is 0 Å². The lowest BCUT2D eigenvalue weighted by Gasteiger charge is -2.07. The van der Waals surface area contributed by atoms with E-state index >= 15 is 0 Å². The van der Waals surface area contributed by atoms with Gasteiger partial charge in [0.2, 0.25) is 0 Å². The molecule has 1 atom stereocenters. The zero-order valence-corrected chi connectivity index (χ0v) is 10.2. The molecule has 1 aromatic carbocycles. The third-order valence-electron chi connectivity index (χ3n) is 2.70. The van der Waals surface area contributed by atoms with Crippen LogP contribution in [-0.2, 0) is 4.79 Å². The molecule has 0 aliphatic heterocycles. The second kappa shape index (κ2) is 7.61. The predicted octanol–water partition coefficient (Wildman–Crippen LogP) is 2.27. The van der Waals surface area contributed by atoms with E-state index in [-0.39, 0.29) is 12.2 Å². The van der Waals surface area contributed by atoms with Crippen molar-refractivity contribution in [2.75, 3.05) is 0 Å². The minimum absolute atomic E-state index is 0.0864. The lowest BCUT2D eigenvalue weighted by Crippen LogP contribution is -2.12. The molecular weight excluding hydrogens is 232 g/mol. The van der Waals surface area contributed by atoms with Gasteiger partial charge in [-0.05, 0) is 12.8 Å². The van der Waals surface area contributed by atoms with Gasteiger partial charge in [-0.15, -0.1) is 0 Å². The van der Waals surface area contributed by atoms with E-state index in [0.29, 0.717) is 31.2 Å². The number of aliphatic hydroxyl groups is 1. The van der Waals surface area contributed by atoms with Crippen LogP contribution in [0.2, 0.25) is 0 Å². The number of carboxylic acid groups (broad SMARTS) is 1. The van der Waals surface area contributed by atoms with Gasteiger partial charge < -0.3 is 10.2 Å². The van der Waals surface area contributed by atoms with Crippen molar-refractivity contribution in [1.82, 2.24) is 0 Å². The van der Waals surface area contributed by atoms with Crippen molar-refractivity contribution in [1.29, 1.82) is 0 Å². The van der Waals surface area contributed by atoms with E-state index in [0.717, 1.165) is 0 Å². The molecule has 1 aromatic rings. The fraction of sp³-hybridized carbons (Fsp3) is 0.429. The third-order valence-corrected chi connectivity index (χ3v) is 2.70. The number of hydrogen-bond donors (Lipinski definition) is 2. The molecule has 0 saturated carbocycles. The second-order valence-electron chi connectivity index (χ2n) is 4.29. The number of aliphatic hydroxyl groups excluding tert-OH is 1. The molecule has 4 heteroatoms. The van der Waals surface area contributed by atoms with Gasteiger partial charge in [0.05, 0.1) is 12.5 Å². The maximum Gasteiger partial charge on any atom is 0.305 e. The lowest BCUT2D eigenvalue weighted by atomic mass is 10.0. The Morgan fingerprint density at radius 2 is 1.78 bits per heavy atom. The van der Waals surface area contributed by atoms with Gasteiger partial charge in [0, 0.05) is 12.0 Å². The van der Waals surface area contributed by atoms with Crippen molar-refractivity contribution in [3.05, 3.63) is 35.9 Å². The number of aliphatic carboxylic acids is 1. The van der Waals surface area contributed by atoms with Gasteiger partial charge in [0.25, 0.3) is 0 Å². The summed E-state index contributed by atoms with van der Waals surface area (Å²) in [5, 5.41) is 17.8. The van der Waals surface area contributed by atoms with Crippen LogP contribution in [0.5, 0.6) is 0 Å². The summed E-state index contributed by atoms with van der Waals surface area (Å²) in [4.78, 5) is 22.0. The average Bonchev–Trinajstić information content (AvgIpc) is 2.34. The smallest absolute Gasteiger partial charge is 0.305 e. The quantitative estimate of drug-likeness (QED) is 0.548. The van der Waals surface area contributed by atoms with Crippen LogP contribution in [-0.4, -0.2) is 28.1 Å². The Kier molecular flexibility index (Phi) is 6.08. The number of rotatable bonds is 8. The summed E-state index contributed by atoms with van der Waals surface area (Å²) in [6.07, 6.45) is 1.15. The van der Waals surface area contributed by atoms with Crippen LogP contribution >= 0.6 is 0 Å². The zero-order valence-electron chi connectivity index (χ0n) is 10.2. The highest BCUT2D eigenvalue weighted by molar-refractivity contribution is 5.95. The number of benzene rings is 1. The Morgan fingerprint density at radius 3 is 2.39 bits per heavy atom. The fourth-order valence-electron chi connectivity index (χ4n) is 1.74. The SMILES string of the molecule is O=C(O)CC(O)CCCCC(=O)c1ccccc1. The molecule has 0 heterocycles. The van der Waals surface area contributed by atoms with Crippen molar-refractivity contribution in [3.63, 3.8) is 0 Å². The Labute approximate surface area is 106 Å². The summed E-state index contributed by atoms with van der Waals surface area (Å²) >= 11 is 0. The van der Waals surface area contributed by atoms with E-state index in [4.69, 9.17) is 5.11 Å². The highest BCUT2D eigenvalue weighted by atomic mass is 16.4. The van der Waals surface area contributed by atoms with Gasteiger partial charge in [-0.1, -0.05) is 36.8 Å². The standard InChI is InChI=1S/C14H18O4/c15-12(10-14(17)18)8-4-5-9-13(16)11-6-2-1-3-7-11/h1-3,6-7,12,15H,4-5,8-10H2,(H,17,18). The number of unbranched alkanes of at least 4 members (excludes halogenated alkanes) is 1. The monoisotopic (exact) mass is 250 g/mol. The average molecular weight is 250 g/mol. The Hall–Kier alpha value is -1.68. The van der Waals surface area contributed by atoms with Crippen LogP contribution < -0.4 is 0 Å². The largest absolute Gasteiger partial charge is 0.481 e. The highest BCUT2D eigenvalue weighted by Crippen LogP contribution is 2.10. The Bertz CT molecular complexity index is 386. The second-order valence-corrected chi connectivity index (χ2v) is 4.29. The number of carbonyl (C=O) groups is 2. The van der Waals surface area contributed by atoms with Gasteiger partial charge in [-0.3, -0.25) is 9.59 Å². The van der Waals surface area contributed by atoms with E-state index in [1.807, 2.05) is 18.2 Å². The van der Waals surface area contributed by atoms with Crippen molar-refractivity contribution in [3.8, 4) is 0 Å². The number of carbonyl (C=O) groups excluding carboxylic acids is 1. The maximum atomic E-state index is 11.7. The van der Waals surface area contributed by atoms with Crippen LogP contribution in [0, 0.1) is 0 Å². The van der Waals surface area contributed by atoms with Crippen LogP contribution in [0.4, 0.5) is 0 Å². The molecule has 0 spiro atoms. The summed E-state index contributed by atoms with van der Waals surface area (Å²) in [6, 6.07) is 9.07. The molecule has 0 saturated heterocycles. The summed E-state index contributed by atoms with van der Waals surface area (Å²) in [5.74, 6) is -0.911. The van der Waals surface area contributed by atoms with Gasteiger partial charge in [0.15, 0.2) is 5.78 Å². The van der Waals surface area contributed by atoms with Crippen LogP contribution in [0.15, 0.2) is 30.3 Å². The first-order chi connectivity index (χ1) is 8.59. The molecule has 4 nitrogen and oxygen atoms in total. The molecular formula is C14H18O4. The van der Waals surface area contributed by atoms with Gasteiger partial charge in [0.1, 0.15) is 0 Å². The van der Waals surface area contributed by atoms with Gasteiger partial charge in [-0.2, -0.15) is 0 Å².